The average Bonchev–Trinajstić information content (AvgIpc) is 2.89. The molecule has 1 heteroatoms. The second-order valence-corrected chi connectivity index (χ2v) is 6.08. The maximum Gasteiger partial charge on any atom is 0.0342 e. The SMILES string of the molecule is CCCCCc1ccc(NC2CCC(CC)C2)cc1. The molecule has 1 aromatic rings. The van der Waals surface area contributed by atoms with Gasteiger partial charge >= 0.3 is 0 Å². The Bertz CT molecular complexity index is 354. The first-order valence-corrected chi connectivity index (χ1v) is 8.17. The molecule has 0 spiro atoms. The number of aryl methyl sites for hydroxylation is 1. The number of anilines is 1. The van der Waals surface area contributed by atoms with Gasteiger partial charge in [0.15, 0.2) is 0 Å². The van der Waals surface area contributed by atoms with Crippen LogP contribution in [-0.2, 0) is 6.42 Å². The summed E-state index contributed by atoms with van der Waals surface area (Å²) in [6, 6.07) is 9.83. The Balaban J connectivity index is 1.78. The number of hydrogen-bond acceptors (Lipinski definition) is 1. The summed E-state index contributed by atoms with van der Waals surface area (Å²) in [6.07, 6.45) is 10.7. The van der Waals surface area contributed by atoms with E-state index in [1.54, 1.807) is 0 Å². The number of hydrogen-bond donors (Lipinski definition) is 1. The van der Waals surface area contributed by atoms with Crippen LogP contribution in [0.25, 0.3) is 0 Å². The summed E-state index contributed by atoms with van der Waals surface area (Å²) in [5, 5.41) is 3.70. The van der Waals surface area contributed by atoms with Gasteiger partial charge in [-0.25, -0.2) is 0 Å². The van der Waals surface area contributed by atoms with E-state index in [0.717, 1.165) is 5.92 Å². The lowest BCUT2D eigenvalue weighted by Crippen LogP contribution is -2.15. The third-order valence-electron chi connectivity index (χ3n) is 4.51. The Kier molecular flexibility index (Phi) is 5.75. The van der Waals surface area contributed by atoms with Crippen LogP contribution >= 0.6 is 0 Å². The van der Waals surface area contributed by atoms with Gasteiger partial charge in [0.2, 0.25) is 0 Å². The van der Waals surface area contributed by atoms with E-state index >= 15 is 0 Å². The minimum atomic E-state index is 0.705. The average molecular weight is 259 g/mol. The van der Waals surface area contributed by atoms with Crippen molar-refractivity contribution in [1.82, 2.24) is 0 Å². The van der Waals surface area contributed by atoms with Crippen molar-refractivity contribution in [2.45, 2.75) is 71.3 Å². The van der Waals surface area contributed by atoms with Crippen LogP contribution in [0.2, 0.25) is 0 Å². The molecular weight excluding hydrogens is 230 g/mol. The molecule has 0 heterocycles. The van der Waals surface area contributed by atoms with E-state index in [1.165, 1.54) is 62.6 Å². The minimum Gasteiger partial charge on any atom is -0.382 e. The highest BCUT2D eigenvalue weighted by atomic mass is 14.9. The first kappa shape index (κ1) is 14.4. The van der Waals surface area contributed by atoms with Gasteiger partial charge in [-0.3, -0.25) is 0 Å². The zero-order valence-electron chi connectivity index (χ0n) is 12.6. The minimum absolute atomic E-state index is 0.705. The standard InChI is InChI=1S/C18H29N/c1-3-5-6-7-16-9-11-17(12-10-16)19-18-13-8-15(4-2)14-18/h9-12,15,18-19H,3-8,13-14H2,1-2H3. The summed E-state index contributed by atoms with van der Waals surface area (Å²) in [6.45, 7) is 4.58. The molecule has 106 valence electrons. The molecule has 1 aliphatic carbocycles. The van der Waals surface area contributed by atoms with Gasteiger partial charge in [-0.15, -0.1) is 0 Å². The van der Waals surface area contributed by atoms with Crippen LogP contribution in [0, 0.1) is 5.92 Å². The van der Waals surface area contributed by atoms with E-state index in [4.69, 9.17) is 0 Å². The highest BCUT2D eigenvalue weighted by molar-refractivity contribution is 5.45. The van der Waals surface area contributed by atoms with Crippen molar-refractivity contribution in [2.75, 3.05) is 5.32 Å². The molecule has 0 saturated heterocycles. The summed E-state index contributed by atoms with van der Waals surface area (Å²) in [7, 11) is 0. The van der Waals surface area contributed by atoms with Gasteiger partial charge in [-0.05, 0) is 55.7 Å². The van der Waals surface area contributed by atoms with Gasteiger partial charge in [0.25, 0.3) is 0 Å². The first-order valence-electron chi connectivity index (χ1n) is 8.17. The van der Waals surface area contributed by atoms with Crippen LogP contribution < -0.4 is 5.32 Å². The van der Waals surface area contributed by atoms with Gasteiger partial charge in [0, 0.05) is 11.7 Å². The molecule has 2 unspecified atom stereocenters. The van der Waals surface area contributed by atoms with Crippen molar-refractivity contribution >= 4 is 5.69 Å². The Labute approximate surface area is 118 Å². The van der Waals surface area contributed by atoms with E-state index in [-0.39, 0.29) is 0 Å². The Morgan fingerprint density at radius 2 is 1.84 bits per heavy atom. The highest BCUT2D eigenvalue weighted by Gasteiger charge is 2.22. The van der Waals surface area contributed by atoms with Gasteiger partial charge in [-0.2, -0.15) is 0 Å². The molecule has 0 aromatic heterocycles. The lowest BCUT2D eigenvalue weighted by Gasteiger charge is -2.14. The number of rotatable bonds is 7. The molecule has 1 aliphatic rings. The molecular formula is C18H29N. The molecule has 0 aliphatic heterocycles. The van der Waals surface area contributed by atoms with Crippen molar-refractivity contribution in [3.63, 3.8) is 0 Å². The molecule has 0 amide bonds. The molecule has 1 aromatic carbocycles. The zero-order chi connectivity index (χ0) is 13.5. The predicted molar refractivity (Wildman–Crippen MR) is 84.7 cm³/mol. The third-order valence-corrected chi connectivity index (χ3v) is 4.51. The Morgan fingerprint density at radius 1 is 1.05 bits per heavy atom. The molecule has 19 heavy (non-hydrogen) atoms. The Hall–Kier alpha value is -0.980. The van der Waals surface area contributed by atoms with Crippen molar-refractivity contribution in [1.29, 1.82) is 0 Å². The van der Waals surface area contributed by atoms with Crippen LogP contribution in [0.5, 0.6) is 0 Å². The fourth-order valence-corrected chi connectivity index (χ4v) is 3.16. The van der Waals surface area contributed by atoms with E-state index in [0.29, 0.717) is 6.04 Å². The normalized spacial score (nSPS) is 22.6. The fraction of sp³-hybridized carbons (Fsp3) is 0.667. The Morgan fingerprint density at radius 3 is 2.47 bits per heavy atom. The smallest absolute Gasteiger partial charge is 0.0342 e. The predicted octanol–water partition coefficient (Wildman–Crippen LogP) is 5.41. The van der Waals surface area contributed by atoms with Gasteiger partial charge < -0.3 is 5.32 Å². The van der Waals surface area contributed by atoms with Crippen LogP contribution in [0.1, 0.15) is 64.4 Å². The van der Waals surface area contributed by atoms with Crippen LogP contribution in [-0.4, -0.2) is 6.04 Å². The summed E-state index contributed by atoms with van der Waals surface area (Å²) >= 11 is 0. The van der Waals surface area contributed by atoms with E-state index in [9.17, 15) is 0 Å². The molecule has 1 fully saturated rings. The molecule has 1 N–H and O–H groups in total. The van der Waals surface area contributed by atoms with E-state index < -0.39 is 0 Å². The van der Waals surface area contributed by atoms with Crippen molar-refractivity contribution < 1.29 is 0 Å². The number of unbranched alkanes of at least 4 members (excludes halogenated alkanes) is 2. The number of benzene rings is 1. The van der Waals surface area contributed by atoms with Crippen LogP contribution in [0.4, 0.5) is 5.69 Å². The number of nitrogens with one attached hydrogen (secondary N) is 1. The van der Waals surface area contributed by atoms with E-state index in [2.05, 4.69) is 43.4 Å². The topological polar surface area (TPSA) is 12.0 Å². The van der Waals surface area contributed by atoms with Crippen molar-refractivity contribution in [2.24, 2.45) is 5.92 Å². The molecule has 0 bridgehead atoms. The summed E-state index contributed by atoms with van der Waals surface area (Å²) in [5.41, 5.74) is 2.79. The molecule has 2 atom stereocenters. The maximum absolute atomic E-state index is 3.70. The second kappa shape index (κ2) is 7.57. The van der Waals surface area contributed by atoms with Crippen LogP contribution in [0.15, 0.2) is 24.3 Å². The van der Waals surface area contributed by atoms with Gasteiger partial charge in [0.05, 0.1) is 0 Å². The highest BCUT2D eigenvalue weighted by Crippen LogP contribution is 2.30. The maximum atomic E-state index is 3.70. The summed E-state index contributed by atoms with van der Waals surface area (Å²) < 4.78 is 0. The summed E-state index contributed by atoms with van der Waals surface area (Å²) in [4.78, 5) is 0. The molecule has 0 radical (unpaired) electrons. The molecule has 2 rings (SSSR count). The lowest BCUT2D eigenvalue weighted by molar-refractivity contribution is 0.525. The van der Waals surface area contributed by atoms with Gasteiger partial charge in [0.1, 0.15) is 0 Å². The molecule has 1 nitrogen and oxygen atoms in total. The third kappa shape index (κ3) is 4.56. The lowest BCUT2D eigenvalue weighted by atomic mass is 10.1. The van der Waals surface area contributed by atoms with Crippen LogP contribution in [0.3, 0.4) is 0 Å². The largest absolute Gasteiger partial charge is 0.382 e. The van der Waals surface area contributed by atoms with E-state index in [1.807, 2.05) is 0 Å². The second-order valence-electron chi connectivity index (χ2n) is 6.08. The monoisotopic (exact) mass is 259 g/mol. The molecule has 1 saturated carbocycles. The fourth-order valence-electron chi connectivity index (χ4n) is 3.16. The first-order chi connectivity index (χ1) is 9.31. The summed E-state index contributed by atoms with van der Waals surface area (Å²) in [5.74, 6) is 0.950. The van der Waals surface area contributed by atoms with Crippen molar-refractivity contribution in [3.05, 3.63) is 29.8 Å². The van der Waals surface area contributed by atoms with Gasteiger partial charge in [-0.1, -0.05) is 45.2 Å². The zero-order valence-corrected chi connectivity index (χ0v) is 12.6. The quantitative estimate of drug-likeness (QED) is 0.646. The van der Waals surface area contributed by atoms with Crippen molar-refractivity contribution in [3.8, 4) is 0 Å².